The van der Waals surface area contributed by atoms with Crippen molar-refractivity contribution in [2.45, 2.75) is 58.9 Å². The summed E-state index contributed by atoms with van der Waals surface area (Å²) in [5, 5.41) is 3.19. The molecule has 1 aromatic rings. The van der Waals surface area contributed by atoms with E-state index in [4.69, 9.17) is 4.74 Å². The number of hydrogen-bond donors (Lipinski definition) is 1. The maximum atomic E-state index is 13.2. The highest BCUT2D eigenvalue weighted by molar-refractivity contribution is 5.95. The molecule has 144 valence electrons. The summed E-state index contributed by atoms with van der Waals surface area (Å²) in [7, 11) is 1.42. The molecule has 1 heterocycles. The van der Waals surface area contributed by atoms with Crippen molar-refractivity contribution in [3.63, 3.8) is 0 Å². The number of hydrogen-bond acceptors (Lipinski definition) is 3. The van der Waals surface area contributed by atoms with Gasteiger partial charge in [-0.3, -0.25) is 9.59 Å². The van der Waals surface area contributed by atoms with E-state index in [0.29, 0.717) is 17.4 Å². The maximum absolute atomic E-state index is 13.2. The van der Waals surface area contributed by atoms with Crippen LogP contribution < -0.4 is 5.32 Å². The molecule has 5 nitrogen and oxygen atoms in total. The summed E-state index contributed by atoms with van der Waals surface area (Å²) in [5.74, 6) is -0.113. The molecule has 2 unspecified atom stereocenters. The van der Waals surface area contributed by atoms with Gasteiger partial charge in [0.2, 0.25) is 0 Å². The third-order valence-electron chi connectivity index (χ3n) is 5.68. The largest absolute Gasteiger partial charge is 0.469 e. The molecular formula is C21H33N2O3+. The number of anilines is 1. The molecule has 1 aliphatic heterocycles. The number of piperidine rings is 1. The van der Waals surface area contributed by atoms with E-state index in [2.05, 4.69) is 12.2 Å². The van der Waals surface area contributed by atoms with E-state index in [1.807, 2.05) is 32.0 Å². The Morgan fingerprint density at radius 2 is 1.88 bits per heavy atom. The predicted octanol–water partition coefficient (Wildman–Crippen LogP) is 3.58. The molecule has 0 aliphatic carbocycles. The summed E-state index contributed by atoms with van der Waals surface area (Å²) >= 11 is 0. The Morgan fingerprint density at radius 1 is 1.19 bits per heavy atom. The number of methoxy groups -OCH3 is 1. The van der Waals surface area contributed by atoms with Crippen LogP contribution in [0.25, 0.3) is 0 Å². The second-order valence-electron chi connectivity index (χ2n) is 7.48. The van der Waals surface area contributed by atoms with Gasteiger partial charge in [-0.15, -0.1) is 0 Å². The number of aryl methyl sites for hydroxylation is 2. The molecule has 0 radical (unpaired) electrons. The molecule has 2 atom stereocenters. The number of nitrogens with one attached hydrogen (secondary N) is 1. The lowest BCUT2D eigenvalue weighted by Gasteiger charge is -2.46. The fraction of sp³-hybridized carbons (Fsp3) is 0.619. The maximum Gasteiger partial charge on any atom is 0.311 e. The van der Waals surface area contributed by atoms with Crippen molar-refractivity contribution in [3.8, 4) is 0 Å². The Kier molecular flexibility index (Phi) is 7.21. The van der Waals surface area contributed by atoms with Crippen molar-refractivity contribution in [1.29, 1.82) is 0 Å². The van der Waals surface area contributed by atoms with Crippen LogP contribution in [0.15, 0.2) is 18.2 Å². The van der Waals surface area contributed by atoms with Crippen LogP contribution in [-0.2, 0) is 14.3 Å². The van der Waals surface area contributed by atoms with Gasteiger partial charge in [0.1, 0.15) is 0 Å². The molecule has 0 bridgehead atoms. The average molecular weight is 362 g/mol. The zero-order valence-corrected chi connectivity index (χ0v) is 16.6. The van der Waals surface area contributed by atoms with Crippen molar-refractivity contribution in [3.05, 3.63) is 29.3 Å². The zero-order valence-electron chi connectivity index (χ0n) is 16.6. The van der Waals surface area contributed by atoms with Crippen molar-refractivity contribution in [2.24, 2.45) is 0 Å². The lowest BCUT2D eigenvalue weighted by Crippen LogP contribution is -2.63. The molecule has 1 aromatic carbocycles. The zero-order chi connectivity index (χ0) is 19.2. The third kappa shape index (κ3) is 4.64. The summed E-state index contributed by atoms with van der Waals surface area (Å²) in [6, 6.07) is 5.95. The second kappa shape index (κ2) is 9.17. The van der Waals surface area contributed by atoms with E-state index < -0.39 is 0 Å². The molecule has 0 spiro atoms. The van der Waals surface area contributed by atoms with Gasteiger partial charge in [-0.25, -0.2) is 0 Å². The van der Waals surface area contributed by atoms with E-state index in [1.54, 1.807) is 0 Å². The standard InChI is InChI=1S/C21H32N2O3/c1-5-13-23(15-12-19(24)26-4)14-7-6-11-18(23)21(25)22-20-16(2)9-8-10-17(20)3/h8-10,18H,5-7,11-15H2,1-4H3/p+1. The van der Waals surface area contributed by atoms with Crippen molar-refractivity contribution < 1.29 is 18.8 Å². The van der Waals surface area contributed by atoms with Crippen LogP contribution in [0.3, 0.4) is 0 Å². The minimum Gasteiger partial charge on any atom is -0.469 e. The van der Waals surface area contributed by atoms with Crippen LogP contribution in [0.4, 0.5) is 5.69 Å². The van der Waals surface area contributed by atoms with Crippen LogP contribution >= 0.6 is 0 Å². The smallest absolute Gasteiger partial charge is 0.311 e. The van der Waals surface area contributed by atoms with Gasteiger partial charge in [-0.1, -0.05) is 25.1 Å². The SMILES string of the molecule is CCC[N+]1(CCC(=O)OC)CCCCC1C(=O)Nc1c(C)cccc1C. The molecule has 2 rings (SSSR count). The number of esters is 1. The minimum atomic E-state index is -0.196. The summed E-state index contributed by atoms with van der Waals surface area (Å²) in [6.07, 6.45) is 4.40. The van der Waals surface area contributed by atoms with Crippen LogP contribution in [-0.4, -0.2) is 49.1 Å². The third-order valence-corrected chi connectivity index (χ3v) is 5.68. The Hall–Kier alpha value is -1.88. The highest BCUT2D eigenvalue weighted by atomic mass is 16.5. The number of benzene rings is 1. The first kappa shape index (κ1) is 20.4. The number of ether oxygens (including phenoxy) is 1. The first-order chi connectivity index (χ1) is 12.4. The Bertz CT molecular complexity index is 620. The summed E-state index contributed by atoms with van der Waals surface area (Å²) < 4.78 is 5.53. The summed E-state index contributed by atoms with van der Waals surface area (Å²) in [5.41, 5.74) is 3.08. The van der Waals surface area contributed by atoms with Gasteiger partial charge in [-0.05, 0) is 44.2 Å². The number of quaternary nitrogens is 1. The first-order valence-corrected chi connectivity index (χ1v) is 9.73. The fourth-order valence-corrected chi connectivity index (χ4v) is 4.30. The van der Waals surface area contributed by atoms with Crippen molar-refractivity contribution in [2.75, 3.05) is 32.1 Å². The number of amides is 1. The predicted molar refractivity (Wildman–Crippen MR) is 104 cm³/mol. The Labute approximate surface area is 157 Å². The van der Waals surface area contributed by atoms with Crippen LogP contribution in [0.1, 0.15) is 50.2 Å². The quantitative estimate of drug-likeness (QED) is 0.596. The van der Waals surface area contributed by atoms with Crippen LogP contribution in [0.2, 0.25) is 0 Å². The van der Waals surface area contributed by atoms with Gasteiger partial charge in [0.15, 0.2) is 6.04 Å². The number of nitrogens with zero attached hydrogens (tertiary/aromatic N) is 1. The summed E-state index contributed by atoms with van der Waals surface area (Å²) in [6.45, 7) is 8.74. The highest BCUT2D eigenvalue weighted by Crippen LogP contribution is 2.29. The molecule has 1 fully saturated rings. The van der Waals surface area contributed by atoms with Gasteiger partial charge in [0.25, 0.3) is 5.91 Å². The molecule has 26 heavy (non-hydrogen) atoms. The minimum absolute atomic E-state index is 0.0837. The molecular weight excluding hydrogens is 328 g/mol. The Morgan fingerprint density at radius 3 is 2.50 bits per heavy atom. The fourth-order valence-electron chi connectivity index (χ4n) is 4.30. The van der Waals surface area contributed by atoms with Gasteiger partial charge < -0.3 is 14.5 Å². The molecule has 1 aliphatic rings. The number of carbonyl (C=O) groups excluding carboxylic acids is 2. The first-order valence-electron chi connectivity index (χ1n) is 9.73. The number of carbonyl (C=O) groups is 2. The van der Waals surface area contributed by atoms with Crippen LogP contribution in [0.5, 0.6) is 0 Å². The van der Waals surface area contributed by atoms with E-state index in [1.165, 1.54) is 7.11 Å². The monoisotopic (exact) mass is 361 g/mol. The average Bonchev–Trinajstić information content (AvgIpc) is 2.63. The van der Waals surface area contributed by atoms with Crippen LogP contribution in [0, 0.1) is 13.8 Å². The molecule has 0 saturated carbocycles. The Balaban J connectivity index is 2.23. The highest BCUT2D eigenvalue weighted by Gasteiger charge is 2.43. The second-order valence-corrected chi connectivity index (χ2v) is 7.48. The normalized spacial score (nSPS) is 22.7. The molecule has 5 heteroatoms. The van der Waals surface area contributed by atoms with Gasteiger partial charge >= 0.3 is 5.97 Å². The van der Waals surface area contributed by atoms with E-state index in [9.17, 15) is 9.59 Å². The van der Waals surface area contributed by atoms with Crippen molar-refractivity contribution >= 4 is 17.6 Å². The van der Waals surface area contributed by atoms with E-state index in [-0.39, 0.29) is 17.9 Å². The molecule has 1 N–H and O–H groups in total. The van der Waals surface area contributed by atoms with Crippen molar-refractivity contribution in [1.82, 2.24) is 0 Å². The molecule has 1 amide bonds. The van der Waals surface area contributed by atoms with E-state index in [0.717, 1.165) is 55.6 Å². The van der Waals surface area contributed by atoms with Gasteiger partial charge in [-0.2, -0.15) is 0 Å². The lowest BCUT2D eigenvalue weighted by molar-refractivity contribution is -0.946. The summed E-state index contributed by atoms with van der Waals surface area (Å²) in [4.78, 5) is 25.0. The number of rotatable bonds is 7. The van der Waals surface area contributed by atoms with Gasteiger partial charge in [0.05, 0.1) is 33.2 Å². The van der Waals surface area contributed by atoms with Gasteiger partial charge in [0, 0.05) is 12.1 Å². The number of para-hydroxylation sites is 1. The molecule has 0 aromatic heterocycles. The molecule has 1 saturated heterocycles. The lowest BCUT2D eigenvalue weighted by atomic mass is 9.95. The topological polar surface area (TPSA) is 55.4 Å². The van der Waals surface area contributed by atoms with E-state index >= 15 is 0 Å². The number of likely N-dealkylation sites (tertiary alicyclic amines) is 1.